The molecule has 109 heavy (non-hydrogen) atoms. The summed E-state index contributed by atoms with van der Waals surface area (Å²) < 4.78 is 293. The second-order valence-electron chi connectivity index (χ2n) is 30.9. The molecule has 0 aromatic rings. The van der Waals surface area contributed by atoms with E-state index in [-0.39, 0.29) is 26.4 Å². The summed E-state index contributed by atoms with van der Waals surface area (Å²) in [5, 5.41) is 0. The van der Waals surface area contributed by atoms with Gasteiger partial charge in [-0.2, -0.15) is 0 Å². The molecule has 71 heteroatoms. The number of rotatable bonds is 8. The van der Waals surface area contributed by atoms with E-state index in [1.165, 1.54) is 0 Å². The summed E-state index contributed by atoms with van der Waals surface area (Å²) in [6, 6.07) is 0. The Bertz CT molecular complexity index is 3080. The fourth-order valence-electron chi connectivity index (χ4n) is 16.4. The molecule has 0 aromatic heterocycles. The highest BCUT2D eigenvalue weighted by atomic mass is 28.7. The topological polar surface area (TPSA) is 397 Å². The molecule has 20 atom stereocenters. The molecule has 13 rings (SSSR count). The van der Waals surface area contributed by atoms with Crippen LogP contribution in [-0.4, -0.2) is 272 Å². The van der Waals surface area contributed by atoms with Gasteiger partial charge < -0.3 is 178 Å². The van der Waals surface area contributed by atoms with Crippen molar-refractivity contribution in [2.45, 2.75) is 224 Å². The van der Waals surface area contributed by atoms with Gasteiger partial charge >= 0.3 is 246 Å². The van der Waals surface area contributed by atoms with Crippen LogP contribution in [-0.2, 0) is 178 Å². The van der Waals surface area contributed by atoms with E-state index in [9.17, 15) is 0 Å². The molecule has 13 saturated heterocycles. The first-order valence-electron chi connectivity index (χ1n) is 35.7. The molecule has 13 aliphatic rings. The Balaban J connectivity index is 0.000000317. The lowest BCUT2D eigenvalue weighted by Gasteiger charge is -2.58. The summed E-state index contributed by atoms with van der Waals surface area (Å²) in [7, 11) is -109. The summed E-state index contributed by atoms with van der Waals surface area (Å²) in [4.78, 5) is 0. The lowest BCUT2D eigenvalue weighted by atomic mass is 10.9. The molecule has 0 spiro atoms. The summed E-state index contributed by atoms with van der Waals surface area (Å²) in [5.41, 5.74) is 0. The SMILES string of the molecule is CCO[Si]1(C)O[Si](C)(OCC)O[Si]2(C)O[Si](C)(O1)O[Si]1(C)O[Si](C)(O2)O[Si]2(C)O[Si](C)(O1)O[Si]1(C)O[Si](C)(O2)O[Si]2(C)O[Si]3(C)O[Si]4(C)O[Si]5(C)O[Si](C)(OCC)O[Si](C)(OCC)O[Si](C)(O5)O[Si](C)(O4)O[Si](C)(O3)O[Si](C)(O2)O1.C[Si]1(C)O[Si]2(C)O[Si]3(C)O[Si](C)(C)O[Si]4(C)O[Si](C)(O1)O[Si](C)(O2)O[Si](C)(O3)O4. The van der Waals surface area contributed by atoms with Crippen LogP contribution in [0.1, 0.15) is 27.7 Å². The fraction of sp³-hybridized carbons (Fsp3) is 1.00. The van der Waals surface area contributed by atoms with Crippen molar-refractivity contribution in [3.63, 3.8) is 0 Å². The van der Waals surface area contributed by atoms with Gasteiger partial charge in [-0.15, -0.1) is 0 Å². The highest BCUT2D eigenvalue weighted by molar-refractivity contribution is 7.05. The van der Waals surface area contributed by atoms with Gasteiger partial charge in [0, 0.05) is 197 Å². The van der Waals surface area contributed by atoms with Crippen LogP contribution in [0, 0.1) is 0 Å². The lowest BCUT2D eigenvalue weighted by Crippen LogP contribution is -2.84. The van der Waals surface area contributed by atoms with Gasteiger partial charge in [0.2, 0.25) is 0 Å². The molecule has 0 amide bonds. The van der Waals surface area contributed by atoms with Crippen LogP contribution in [0.2, 0.25) is 196 Å². The van der Waals surface area contributed by atoms with Crippen molar-refractivity contribution in [1.29, 1.82) is 0 Å². The first-order valence-corrected chi connectivity index (χ1v) is 99.2. The normalized spacial score (nSPS) is 58.0. The van der Waals surface area contributed by atoms with E-state index in [0.29, 0.717) is 0 Å². The first kappa shape index (κ1) is 92.5. The predicted octanol–water partition coefficient (Wildman–Crippen LogP) is 6.13. The zero-order chi connectivity index (χ0) is 81.2. The second-order valence-corrected chi connectivity index (χ2v) is 114. The highest BCUT2D eigenvalue weighted by Crippen LogP contribution is 2.52. The van der Waals surface area contributed by atoms with E-state index < -0.39 is 246 Å². The summed E-state index contributed by atoms with van der Waals surface area (Å²) >= 11 is 0. The van der Waals surface area contributed by atoms with Crippen molar-refractivity contribution in [3.8, 4) is 0 Å². The summed E-state index contributed by atoms with van der Waals surface area (Å²) in [6.07, 6.45) is 0. The minimum absolute atomic E-state index is 0.237. The summed E-state index contributed by atoms with van der Waals surface area (Å²) in [5.74, 6) is 0. The minimum Gasteiger partial charge on any atom is -0.395 e. The van der Waals surface area contributed by atoms with Gasteiger partial charge in [0.05, 0.1) is 0 Å². The van der Waals surface area contributed by atoms with E-state index in [0.717, 1.165) is 0 Å². The van der Waals surface area contributed by atoms with Crippen molar-refractivity contribution in [2.24, 2.45) is 0 Å². The van der Waals surface area contributed by atoms with Crippen LogP contribution in [0.25, 0.3) is 0 Å². The van der Waals surface area contributed by atoms with Gasteiger partial charge in [-0.25, -0.2) is 0 Å². The Kier molecular flexibility index (Phi) is 24.6. The van der Waals surface area contributed by atoms with Gasteiger partial charge in [-0.1, -0.05) is 0 Å². The van der Waals surface area contributed by atoms with Crippen molar-refractivity contribution in [2.75, 3.05) is 26.4 Å². The number of fused-ring (bicyclic) bond motifs is 20. The van der Waals surface area contributed by atoms with Crippen molar-refractivity contribution in [3.05, 3.63) is 0 Å². The molecular formula is C38H110O43Si28. The summed E-state index contributed by atoms with van der Waals surface area (Å²) in [6.45, 7) is 59.8. The van der Waals surface area contributed by atoms with E-state index in [1.54, 1.807) is 144 Å². The molecule has 632 valence electrons. The van der Waals surface area contributed by atoms with Gasteiger partial charge in [0.15, 0.2) is 0 Å². The van der Waals surface area contributed by atoms with Crippen LogP contribution < -0.4 is 0 Å². The van der Waals surface area contributed by atoms with Gasteiger partial charge in [-0.3, -0.25) is 0 Å². The van der Waals surface area contributed by atoms with E-state index >= 15 is 0 Å². The monoisotopic (exact) mass is 2040 g/mol. The zero-order valence-electron chi connectivity index (χ0n) is 68.4. The highest BCUT2D eigenvalue weighted by Gasteiger charge is 2.82. The second kappa shape index (κ2) is 29.0. The smallest absolute Gasteiger partial charge is 0.395 e. The van der Waals surface area contributed by atoms with Crippen LogP contribution in [0.3, 0.4) is 0 Å². The fourth-order valence-corrected chi connectivity index (χ4v) is 168. The number of hydrogen-bond acceptors (Lipinski definition) is 43. The molecular weight excluding hydrogens is 1930 g/mol. The third kappa shape index (κ3) is 21.1. The van der Waals surface area contributed by atoms with Crippen LogP contribution in [0.15, 0.2) is 0 Å². The largest absolute Gasteiger partial charge is 0.482 e. The van der Waals surface area contributed by atoms with Crippen LogP contribution >= 0.6 is 0 Å². The lowest BCUT2D eigenvalue weighted by molar-refractivity contribution is -0.00480. The zero-order valence-corrected chi connectivity index (χ0v) is 96.4. The standard InChI is InChI=1S/C28H80O32Si20.C10H30O11Si8/c1-25-29-61(5)33-62(6,30-26-2)36-66(10)39-65(9,35-61)41-69(13)45-70(14,42-66)48-74(18)51-73(17,47-69)53-77(21)57-78(22,54-74)60-80(24)56-76(20)50-72(16)44-68(12)38-64(8,32-28-4)34-63(7,31-27-3)37-67(11,40-68)43-71(15,46-72)49-75(19,52-76)55-79(23,58-80)59-77;1-22(2)11-24(5)15-26(7)13-23(3,4)14-27(8)16-25(6,12-22)18-28(9,17-24)21-29(10,19-26)20-27/h25-28H2,1-24H3;1-10H3. The average molecular weight is 2040 g/mol. The number of hydrogen-bond donors (Lipinski definition) is 0. The van der Waals surface area contributed by atoms with Crippen molar-refractivity contribution >= 4 is 246 Å². The van der Waals surface area contributed by atoms with Gasteiger partial charge in [0.25, 0.3) is 0 Å². The molecule has 20 unspecified atom stereocenters. The minimum atomic E-state index is -4.38. The molecule has 13 heterocycles. The molecule has 0 radical (unpaired) electrons. The molecule has 13 fully saturated rings. The van der Waals surface area contributed by atoms with E-state index in [1.807, 2.05) is 80.1 Å². The van der Waals surface area contributed by atoms with Gasteiger partial charge in [0.1, 0.15) is 0 Å². The van der Waals surface area contributed by atoms with Crippen LogP contribution in [0.5, 0.6) is 0 Å². The third-order valence-electron chi connectivity index (χ3n) is 16.3. The third-order valence-corrected chi connectivity index (χ3v) is 137. The molecule has 13 aliphatic heterocycles. The molecule has 22 bridgehead atoms. The van der Waals surface area contributed by atoms with E-state index in [4.69, 9.17) is 178 Å². The molecule has 0 saturated carbocycles. The first-order chi connectivity index (χ1) is 48.8. The maximum absolute atomic E-state index is 7.16. The Labute approximate surface area is 669 Å². The Morgan fingerprint density at radius 2 is 0.202 bits per heavy atom. The maximum atomic E-state index is 7.16. The van der Waals surface area contributed by atoms with Crippen molar-refractivity contribution < 1.29 is 178 Å². The maximum Gasteiger partial charge on any atom is 0.482 e. The Morgan fingerprint density at radius 3 is 0.294 bits per heavy atom. The van der Waals surface area contributed by atoms with Gasteiger partial charge in [-0.05, 0) is 53.9 Å². The molecule has 0 aliphatic carbocycles. The molecule has 43 nitrogen and oxygen atoms in total. The molecule has 0 N–H and O–H groups in total. The van der Waals surface area contributed by atoms with Crippen molar-refractivity contribution in [1.82, 2.24) is 0 Å². The Morgan fingerprint density at radius 1 is 0.119 bits per heavy atom. The molecule has 0 aromatic carbocycles. The van der Waals surface area contributed by atoms with Crippen LogP contribution in [0.4, 0.5) is 0 Å². The Hall–Kier alpha value is 4.35. The predicted molar refractivity (Wildman–Crippen MR) is 426 cm³/mol. The van der Waals surface area contributed by atoms with E-state index in [2.05, 4.69) is 0 Å². The quantitative estimate of drug-likeness (QED) is 0.246. The average Bonchev–Trinajstić information content (AvgIpc) is 0.715.